The summed E-state index contributed by atoms with van der Waals surface area (Å²) in [6.45, 7) is 2.12. The van der Waals surface area contributed by atoms with E-state index in [1.807, 2.05) is 18.2 Å². The number of hydrogen-bond donors (Lipinski definition) is 4. The molecule has 4 N–H and O–H groups in total. The Balaban J connectivity index is 2.46. The van der Waals surface area contributed by atoms with Gasteiger partial charge in [0.25, 0.3) is 0 Å². The van der Waals surface area contributed by atoms with Gasteiger partial charge in [0.1, 0.15) is 0 Å². The van der Waals surface area contributed by atoms with Crippen LogP contribution in [0.25, 0.3) is 0 Å². The summed E-state index contributed by atoms with van der Waals surface area (Å²) in [4.78, 5) is 10.5. The molecule has 25 heavy (non-hydrogen) atoms. The number of aliphatic carboxylic acids is 1. The van der Waals surface area contributed by atoms with Crippen LogP contribution in [0, 0.1) is 11.8 Å². The minimum Gasteiger partial charge on any atom is -0.481 e. The summed E-state index contributed by atoms with van der Waals surface area (Å²) in [5.41, 5.74) is 0. The molecule has 0 radical (unpaired) electrons. The molecule has 0 heterocycles. The number of unbranched alkanes of at least 4 members (excludes halogenated alkanes) is 3. The Hall–Kier alpha value is -1.17. The van der Waals surface area contributed by atoms with Gasteiger partial charge < -0.3 is 20.4 Å². The van der Waals surface area contributed by atoms with Crippen LogP contribution in [-0.4, -0.2) is 44.7 Å². The SMILES string of the molecule is CCCCCC(O)/C=C/[C@H]1[C@@H](C/C=C\CCCC(=O)O)[C@@H](O)C[C@H]1O. The predicted octanol–water partition coefficient (Wildman–Crippen LogP) is 3.04. The second-order valence-corrected chi connectivity index (χ2v) is 7.05. The standard InChI is InChI=1S/C20H34O5/c1-2-3-6-9-15(21)12-13-17-16(18(22)14-19(17)23)10-7-4-5-8-11-20(24)25/h4,7,12-13,15-19,21-23H,2-3,5-6,8-11,14H2,1H3,(H,24,25)/b7-4-,13-12+/t15?,16-,17+,18+,19-/m1/s1. The van der Waals surface area contributed by atoms with Gasteiger partial charge in [0.05, 0.1) is 18.3 Å². The van der Waals surface area contributed by atoms with E-state index in [0.29, 0.717) is 25.7 Å². The maximum absolute atomic E-state index is 10.5. The molecule has 1 aliphatic rings. The highest BCUT2D eigenvalue weighted by atomic mass is 16.4. The quantitative estimate of drug-likeness (QED) is 0.319. The zero-order valence-electron chi connectivity index (χ0n) is 15.3. The first-order chi connectivity index (χ1) is 12.0. The first-order valence-electron chi connectivity index (χ1n) is 9.55. The molecule has 0 bridgehead atoms. The molecule has 0 aromatic rings. The highest BCUT2D eigenvalue weighted by Crippen LogP contribution is 2.36. The zero-order chi connectivity index (χ0) is 18.7. The van der Waals surface area contributed by atoms with Crippen molar-refractivity contribution in [2.45, 2.75) is 83.0 Å². The summed E-state index contributed by atoms with van der Waals surface area (Å²) in [6.07, 6.45) is 12.3. The summed E-state index contributed by atoms with van der Waals surface area (Å²) in [5, 5.41) is 39.0. The number of rotatable bonds is 12. The maximum Gasteiger partial charge on any atom is 0.303 e. The van der Waals surface area contributed by atoms with Crippen molar-refractivity contribution in [3.8, 4) is 0 Å². The van der Waals surface area contributed by atoms with Crippen LogP contribution in [-0.2, 0) is 4.79 Å². The molecular formula is C20H34O5. The highest BCUT2D eigenvalue weighted by molar-refractivity contribution is 5.66. The molecule has 0 aromatic carbocycles. The molecule has 1 saturated carbocycles. The van der Waals surface area contributed by atoms with E-state index in [-0.39, 0.29) is 18.3 Å². The fourth-order valence-electron chi connectivity index (χ4n) is 3.41. The Kier molecular flexibility index (Phi) is 10.7. The Morgan fingerprint density at radius 2 is 1.92 bits per heavy atom. The lowest BCUT2D eigenvalue weighted by molar-refractivity contribution is -0.137. The van der Waals surface area contributed by atoms with E-state index in [0.717, 1.165) is 25.7 Å². The van der Waals surface area contributed by atoms with Gasteiger partial charge in [0.15, 0.2) is 0 Å². The van der Waals surface area contributed by atoms with E-state index in [4.69, 9.17) is 5.11 Å². The lowest BCUT2D eigenvalue weighted by Gasteiger charge is -2.19. The van der Waals surface area contributed by atoms with Gasteiger partial charge in [0, 0.05) is 18.8 Å². The van der Waals surface area contributed by atoms with E-state index in [1.165, 1.54) is 0 Å². The maximum atomic E-state index is 10.5. The minimum atomic E-state index is -0.787. The second kappa shape index (κ2) is 12.2. The summed E-state index contributed by atoms with van der Waals surface area (Å²) in [5.74, 6) is -1.00. The third kappa shape index (κ3) is 8.66. The van der Waals surface area contributed by atoms with Crippen molar-refractivity contribution >= 4 is 5.97 Å². The van der Waals surface area contributed by atoms with Crippen LogP contribution in [0.5, 0.6) is 0 Å². The van der Waals surface area contributed by atoms with Crippen molar-refractivity contribution in [3.05, 3.63) is 24.3 Å². The first kappa shape index (κ1) is 21.9. The fourth-order valence-corrected chi connectivity index (χ4v) is 3.41. The van der Waals surface area contributed by atoms with Gasteiger partial charge in [-0.25, -0.2) is 0 Å². The Labute approximate surface area is 151 Å². The lowest BCUT2D eigenvalue weighted by atomic mass is 9.89. The molecule has 0 spiro atoms. The van der Waals surface area contributed by atoms with Crippen molar-refractivity contribution in [2.75, 3.05) is 0 Å². The van der Waals surface area contributed by atoms with Crippen LogP contribution >= 0.6 is 0 Å². The largest absolute Gasteiger partial charge is 0.481 e. The summed E-state index contributed by atoms with van der Waals surface area (Å²) in [6, 6.07) is 0. The molecule has 1 aliphatic carbocycles. The summed E-state index contributed by atoms with van der Waals surface area (Å²) >= 11 is 0. The van der Waals surface area contributed by atoms with Gasteiger partial charge in [-0.15, -0.1) is 0 Å². The van der Waals surface area contributed by atoms with Crippen molar-refractivity contribution in [2.24, 2.45) is 11.8 Å². The monoisotopic (exact) mass is 354 g/mol. The molecule has 0 aliphatic heterocycles. The van der Waals surface area contributed by atoms with Gasteiger partial charge in [-0.2, -0.15) is 0 Å². The molecule has 1 rings (SSSR count). The van der Waals surface area contributed by atoms with Crippen molar-refractivity contribution in [1.29, 1.82) is 0 Å². The van der Waals surface area contributed by atoms with Gasteiger partial charge in [-0.05, 0) is 31.6 Å². The van der Waals surface area contributed by atoms with Crippen molar-refractivity contribution < 1.29 is 25.2 Å². The Morgan fingerprint density at radius 1 is 1.16 bits per heavy atom. The number of aliphatic hydroxyl groups excluding tert-OH is 3. The molecule has 5 heteroatoms. The Morgan fingerprint density at radius 3 is 2.60 bits per heavy atom. The number of aliphatic hydroxyl groups is 3. The smallest absolute Gasteiger partial charge is 0.303 e. The number of carboxylic acid groups (broad SMARTS) is 1. The van der Waals surface area contributed by atoms with E-state index in [1.54, 1.807) is 6.08 Å². The van der Waals surface area contributed by atoms with E-state index >= 15 is 0 Å². The third-order valence-electron chi connectivity index (χ3n) is 4.91. The molecule has 144 valence electrons. The topological polar surface area (TPSA) is 98.0 Å². The highest BCUT2D eigenvalue weighted by Gasteiger charge is 2.39. The van der Waals surface area contributed by atoms with Crippen LogP contribution in [0.3, 0.4) is 0 Å². The number of carbonyl (C=O) groups is 1. The van der Waals surface area contributed by atoms with Gasteiger partial charge in [-0.1, -0.05) is 50.5 Å². The fraction of sp³-hybridized carbons (Fsp3) is 0.750. The molecule has 1 fully saturated rings. The number of hydrogen-bond acceptors (Lipinski definition) is 4. The summed E-state index contributed by atoms with van der Waals surface area (Å²) in [7, 11) is 0. The van der Waals surface area contributed by atoms with E-state index in [9.17, 15) is 20.1 Å². The van der Waals surface area contributed by atoms with E-state index in [2.05, 4.69) is 6.92 Å². The van der Waals surface area contributed by atoms with Gasteiger partial charge in [0.2, 0.25) is 0 Å². The zero-order valence-corrected chi connectivity index (χ0v) is 15.3. The molecule has 0 aromatic heterocycles. The molecule has 0 amide bonds. The molecular weight excluding hydrogens is 320 g/mol. The van der Waals surface area contributed by atoms with Crippen LogP contribution in [0.4, 0.5) is 0 Å². The Bertz CT molecular complexity index is 432. The van der Waals surface area contributed by atoms with Gasteiger partial charge >= 0.3 is 5.97 Å². The molecule has 5 atom stereocenters. The van der Waals surface area contributed by atoms with E-state index < -0.39 is 24.3 Å². The average Bonchev–Trinajstić information content (AvgIpc) is 2.82. The first-order valence-corrected chi connectivity index (χ1v) is 9.55. The van der Waals surface area contributed by atoms with Gasteiger partial charge in [-0.3, -0.25) is 4.79 Å². The van der Waals surface area contributed by atoms with Crippen LogP contribution in [0.15, 0.2) is 24.3 Å². The third-order valence-corrected chi connectivity index (χ3v) is 4.91. The second-order valence-electron chi connectivity index (χ2n) is 7.05. The van der Waals surface area contributed by atoms with Crippen LogP contribution < -0.4 is 0 Å². The predicted molar refractivity (Wildman–Crippen MR) is 98.1 cm³/mol. The summed E-state index contributed by atoms with van der Waals surface area (Å²) < 4.78 is 0. The molecule has 5 nitrogen and oxygen atoms in total. The normalized spacial score (nSPS) is 28.2. The molecule has 0 saturated heterocycles. The number of allylic oxidation sites excluding steroid dienone is 2. The van der Waals surface area contributed by atoms with Crippen molar-refractivity contribution in [3.63, 3.8) is 0 Å². The lowest BCUT2D eigenvalue weighted by Crippen LogP contribution is -2.20. The van der Waals surface area contributed by atoms with Crippen molar-refractivity contribution in [1.82, 2.24) is 0 Å². The minimum absolute atomic E-state index is 0.0650. The average molecular weight is 354 g/mol. The molecule has 1 unspecified atom stereocenters. The van der Waals surface area contributed by atoms with Crippen LogP contribution in [0.1, 0.15) is 64.7 Å². The van der Waals surface area contributed by atoms with Crippen LogP contribution in [0.2, 0.25) is 0 Å². The number of carboxylic acids is 1.